The second-order valence-electron chi connectivity index (χ2n) is 10.9. The second kappa shape index (κ2) is 12.7. The minimum Gasteiger partial charge on any atom is -0.443 e. The Bertz CT molecular complexity index is 1200. The number of carbonyl (C=O) groups excluding carboxylic acids is 4. The highest BCUT2D eigenvalue weighted by Crippen LogP contribution is 2.25. The van der Waals surface area contributed by atoms with E-state index < -0.39 is 29.7 Å². The van der Waals surface area contributed by atoms with Crippen molar-refractivity contribution in [3.63, 3.8) is 0 Å². The average molecular weight is 538 g/mol. The molecule has 10 heteroatoms. The van der Waals surface area contributed by atoms with Crippen LogP contribution in [0.2, 0.25) is 0 Å². The topological polar surface area (TPSA) is 144 Å². The maximum absolute atomic E-state index is 13.3. The molecule has 1 saturated carbocycles. The Balaban J connectivity index is 1.74. The van der Waals surface area contributed by atoms with E-state index in [9.17, 15) is 19.2 Å². The van der Waals surface area contributed by atoms with Crippen molar-refractivity contribution in [2.45, 2.75) is 83.9 Å². The van der Waals surface area contributed by atoms with Gasteiger partial charge in [0, 0.05) is 31.3 Å². The Morgan fingerprint density at radius 2 is 1.72 bits per heavy atom. The third kappa shape index (κ3) is 8.02. The number of hydrogen-bond donors (Lipinski definition) is 3. The van der Waals surface area contributed by atoms with Gasteiger partial charge in [-0.15, -0.1) is 0 Å². The molecule has 1 heterocycles. The summed E-state index contributed by atoms with van der Waals surface area (Å²) in [6, 6.07) is 7.31. The summed E-state index contributed by atoms with van der Waals surface area (Å²) in [7, 11) is 1.56. The molecule has 1 atom stereocenters. The number of hydrogen-bond acceptors (Lipinski definition) is 6. The van der Waals surface area contributed by atoms with E-state index in [-0.39, 0.29) is 18.4 Å². The van der Waals surface area contributed by atoms with Crippen LogP contribution >= 0.6 is 0 Å². The number of ether oxygens (including phenoxy) is 1. The van der Waals surface area contributed by atoms with E-state index in [1.807, 2.05) is 37.3 Å². The van der Waals surface area contributed by atoms with Crippen molar-refractivity contribution < 1.29 is 23.9 Å². The van der Waals surface area contributed by atoms with Gasteiger partial charge in [-0.3, -0.25) is 14.6 Å². The van der Waals surface area contributed by atoms with Crippen molar-refractivity contribution in [2.75, 3.05) is 7.05 Å². The molecule has 0 radical (unpaired) electrons. The van der Waals surface area contributed by atoms with Crippen LogP contribution in [-0.2, 0) is 16.0 Å². The van der Waals surface area contributed by atoms with Crippen LogP contribution in [0.4, 0.5) is 9.59 Å². The molecule has 0 spiro atoms. The summed E-state index contributed by atoms with van der Waals surface area (Å²) in [5.74, 6) is -0.951. The number of primary amides is 1. The molecule has 0 saturated heterocycles. The molecule has 4 N–H and O–H groups in total. The highest BCUT2D eigenvalue weighted by Gasteiger charge is 2.35. The smallest absolute Gasteiger partial charge is 0.418 e. The SMILES string of the molecule is CNC(=O)c1ncc(-c2ccc(CC(NC(=O)N(C(=O)OC(C)(C)C)C3CCCCC3)C(N)=O)cc2)cc1C. The lowest BCUT2D eigenvalue weighted by molar-refractivity contribution is -0.119. The van der Waals surface area contributed by atoms with Crippen molar-refractivity contribution in [2.24, 2.45) is 5.73 Å². The van der Waals surface area contributed by atoms with Gasteiger partial charge in [-0.1, -0.05) is 43.5 Å². The number of urea groups is 1. The van der Waals surface area contributed by atoms with E-state index >= 15 is 0 Å². The molecule has 210 valence electrons. The molecule has 1 fully saturated rings. The highest BCUT2D eigenvalue weighted by atomic mass is 16.6. The molecule has 1 aliphatic rings. The van der Waals surface area contributed by atoms with Gasteiger partial charge in [-0.25, -0.2) is 14.5 Å². The van der Waals surface area contributed by atoms with Gasteiger partial charge in [0.25, 0.3) is 5.91 Å². The molecule has 2 aromatic rings. The molecule has 10 nitrogen and oxygen atoms in total. The summed E-state index contributed by atoms with van der Waals surface area (Å²) >= 11 is 0. The molecule has 1 aliphatic carbocycles. The second-order valence-corrected chi connectivity index (χ2v) is 10.9. The maximum atomic E-state index is 13.3. The normalized spacial score (nSPS) is 14.7. The fourth-order valence-corrected chi connectivity index (χ4v) is 4.65. The Morgan fingerprint density at radius 3 is 2.26 bits per heavy atom. The molecular weight excluding hydrogens is 498 g/mol. The number of imide groups is 1. The zero-order chi connectivity index (χ0) is 28.7. The molecule has 0 aliphatic heterocycles. The van der Waals surface area contributed by atoms with Gasteiger partial charge in [-0.2, -0.15) is 0 Å². The van der Waals surface area contributed by atoms with E-state index in [1.165, 1.54) is 0 Å². The number of carbonyl (C=O) groups is 4. The van der Waals surface area contributed by atoms with Crippen LogP contribution in [0.25, 0.3) is 11.1 Å². The fraction of sp³-hybridized carbons (Fsp3) is 0.483. The van der Waals surface area contributed by atoms with Crippen LogP contribution in [-0.4, -0.2) is 58.6 Å². The van der Waals surface area contributed by atoms with Crippen molar-refractivity contribution in [3.05, 3.63) is 53.3 Å². The van der Waals surface area contributed by atoms with Crippen LogP contribution in [0, 0.1) is 6.92 Å². The monoisotopic (exact) mass is 537 g/mol. The van der Waals surface area contributed by atoms with Gasteiger partial charge in [-0.05, 0) is 63.3 Å². The molecule has 1 aromatic carbocycles. The number of aromatic nitrogens is 1. The highest BCUT2D eigenvalue weighted by molar-refractivity contribution is 5.95. The Labute approximate surface area is 229 Å². The third-order valence-corrected chi connectivity index (χ3v) is 6.64. The first-order valence-electron chi connectivity index (χ1n) is 13.3. The number of benzene rings is 1. The van der Waals surface area contributed by atoms with Crippen LogP contribution in [0.1, 0.15) is 74.5 Å². The molecule has 1 aromatic heterocycles. The lowest BCUT2D eigenvalue weighted by Gasteiger charge is -2.34. The van der Waals surface area contributed by atoms with Crippen molar-refractivity contribution in [1.82, 2.24) is 20.5 Å². The van der Waals surface area contributed by atoms with Gasteiger partial charge in [0.15, 0.2) is 0 Å². The summed E-state index contributed by atoms with van der Waals surface area (Å²) in [5.41, 5.74) is 8.49. The van der Waals surface area contributed by atoms with Crippen LogP contribution in [0.15, 0.2) is 36.5 Å². The Hall–Kier alpha value is -3.95. The largest absolute Gasteiger partial charge is 0.443 e. The van der Waals surface area contributed by atoms with E-state index in [1.54, 1.807) is 34.0 Å². The first kappa shape index (κ1) is 29.6. The summed E-state index contributed by atoms with van der Waals surface area (Å²) in [4.78, 5) is 55.9. The Kier molecular flexibility index (Phi) is 9.66. The lowest BCUT2D eigenvalue weighted by Crippen LogP contribution is -2.56. The van der Waals surface area contributed by atoms with E-state index in [4.69, 9.17) is 10.5 Å². The number of nitrogens with one attached hydrogen (secondary N) is 2. The molecule has 39 heavy (non-hydrogen) atoms. The third-order valence-electron chi connectivity index (χ3n) is 6.64. The van der Waals surface area contributed by atoms with E-state index in [2.05, 4.69) is 15.6 Å². The number of nitrogens with zero attached hydrogens (tertiary/aromatic N) is 2. The van der Waals surface area contributed by atoms with E-state index in [0.717, 1.165) is 46.4 Å². The number of nitrogens with two attached hydrogens (primary N) is 1. The molecule has 3 rings (SSSR count). The number of rotatable bonds is 7. The van der Waals surface area contributed by atoms with Crippen molar-refractivity contribution in [3.8, 4) is 11.1 Å². The van der Waals surface area contributed by atoms with Gasteiger partial charge in [0.2, 0.25) is 5.91 Å². The van der Waals surface area contributed by atoms with Crippen molar-refractivity contribution >= 4 is 23.9 Å². The standard InChI is InChI=1S/C29H39N5O5/c1-18-15-21(17-32-24(18)26(36)31-5)20-13-11-19(12-14-20)16-23(25(30)35)33-27(37)34(22-9-7-6-8-10-22)28(38)39-29(2,3)4/h11-15,17,22-23H,6-10,16H2,1-5H3,(H2,30,35)(H,31,36)(H,33,37). The van der Waals surface area contributed by atoms with Gasteiger partial charge >= 0.3 is 12.1 Å². The summed E-state index contributed by atoms with van der Waals surface area (Å²) in [5, 5.41) is 5.24. The first-order chi connectivity index (χ1) is 18.4. The van der Waals surface area contributed by atoms with Gasteiger partial charge in [0.1, 0.15) is 17.3 Å². The summed E-state index contributed by atoms with van der Waals surface area (Å²) in [6.07, 6.45) is 5.30. The lowest BCUT2D eigenvalue weighted by atomic mass is 9.94. The molecule has 1 unspecified atom stereocenters. The predicted molar refractivity (Wildman–Crippen MR) is 148 cm³/mol. The van der Waals surface area contributed by atoms with Gasteiger partial charge < -0.3 is 21.1 Å². The summed E-state index contributed by atoms with van der Waals surface area (Å²) < 4.78 is 5.51. The van der Waals surface area contributed by atoms with Crippen LogP contribution < -0.4 is 16.4 Å². The minimum atomic E-state index is -1.02. The molecule has 5 amide bonds. The number of amides is 5. The minimum absolute atomic E-state index is 0.154. The molecule has 0 bridgehead atoms. The van der Waals surface area contributed by atoms with Gasteiger partial charge in [0.05, 0.1) is 0 Å². The zero-order valence-corrected chi connectivity index (χ0v) is 23.4. The van der Waals surface area contributed by atoms with Crippen molar-refractivity contribution in [1.29, 1.82) is 0 Å². The fourth-order valence-electron chi connectivity index (χ4n) is 4.65. The number of aryl methyl sites for hydroxylation is 1. The Morgan fingerprint density at radius 1 is 1.08 bits per heavy atom. The maximum Gasteiger partial charge on any atom is 0.418 e. The predicted octanol–water partition coefficient (Wildman–Crippen LogP) is 4.09. The quantitative estimate of drug-likeness (QED) is 0.485. The number of pyridine rings is 1. The first-order valence-corrected chi connectivity index (χ1v) is 13.3. The molecular formula is C29H39N5O5. The van der Waals surface area contributed by atoms with Crippen LogP contribution in [0.3, 0.4) is 0 Å². The van der Waals surface area contributed by atoms with Crippen LogP contribution in [0.5, 0.6) is 0 Å². The van der Waals surface area contributed by atoms with E-state index in [0.29, 0.717) is 18.5 Å². The average Bonchev–Trinajstić information content (AvgIpc) is 2.88. The zero-order valence-electron chi connectivity index (χ0n) is 23.4. The summed E-state index contributed by atoms with van der Waals surface area (Å²) in [6.45, 7) is 7.05.